The van der Waals surface area contributed by atoms with Gasteiger partial charge in [0.05, 0.1) is 60.0 Å². The number of aliphatic hydroxyl groups is 1. The van der Waals surface area contributed by atoms with E-state index in [4.69, 9.17) is 18.9 Å². The summed E-state index contributed by atoms with van der Waals surface area (Å²) in [5.74, 6) is 34.3. The maximum atomic E-state index is 11.4. The highest BCUT2D eigenvalue weighted by molar-refractivity contribution is 5.83. The number of ether oxygens (including phenoxy) is 14. The Hall–Kier alpha value is -7.12. The second kappa shape index (κ2) is 62.0. The number of fused-ring (bicyclic) bond motifs is 48. The van der Waals surface area contributed by atoms with Gasteiger partial charge in [-0.3, -0.25) is 0 Å². The molecule has 0 radical (unpaired) electrons. The molecule has 39 atom stereocenters. The van der Waals surface area contributed by atoms with Crippen LogP contribution in [0.5, 0.6) is 0 Å². The molecule has 0 heterocycles. The molecule has 0 saturated heterocycles. The van der Waals surface area contributed by atoms with Crippen LogP contribution in [-0.2, 0) is 105 Å². The van der Waals surface area contributed by atoms with Crippen LogP contribution in [0.4, 0.5) is 0 Å². The van der Waals surface area contributed by atoms with Gasteiger partial charge in [-0.25, -0.2) is 38.4 Å². The Kier molecular flexibility index (Phi) is 50.1. The summed E-state index contributed by atoms with van der Waals surface area (Å²) in [5, 5.41) is 10.0. The molecule has 149 heavy (non-hydrogen) atoms. The lowest BCUT2D eigenvalue weighted by molar-refractivity contribution is -0.149. The van der Waals surface area contributed by atoms with E-state index in [1.807, 2.05) is 0 Å². The van der Waals surface area contributed by atoms with Crippen LogP contribution in [0, 0.1) is 213 Å². The second-order valence-electron chi connectivity index (χ2n) is 48.0. The Labute approximate surface area is 895 Å². The normalized spacial score (nSPS) is 38.8. The largest absolute Gasteiger partial charge is 0.466 e. The zero-order valence-corrected chi connectivity index (χ0v) is 92.6. The lowest BCUT2D eigenvalue weighted by Crippen LogP contribution is -2.40. The van der Waals surface area contributed by atoms with Crippen LogP contribution in [0.25, 0.3) is 0 Å². The molecular formula is C126H194O23. The van der Waals surface area contributed by atoms with Crippen molar-refractivity contribution in [3.8, 4) is 0 Å². The van der Waals surface area contributed by atoms with E-state index in [0.29, 0.717) is 89.1 Å². The molecule has 20 bridgehead atoms. The van der Waals surface area contributed by atoms with Gasteiger partial charge in [0, 0.05) is 91.3 Å². The molecule has 24 fully saturated rings. The quantitative estimate of drug-likeness (QED) is 0.0222. The topological polar surface area (TPSA) is 286 Å². The van der Waals surface area contributed by atoms with Crippen LogP contribution in [0.2, 0.25) is 0 Å². The second-order valence-corrected chi connectivity index (χ2v) is 48.0. The van der Waals surface area contributed by atoms with Crippen LogP contribution < -0.4 is 0 Å². The Morgan fingerprint density at radius 1 is 0.242 bits per heavy atom. The van der Waals surface area contributed by atoms with Gasteiger partial charge in [-0.05, 0) is 451 Å². The number of methoxy groups -OCH3 is 7. The van der Waals surface area contributed by atoms with Crippen LogP contribution >= 0.6 is 0 Å². The summed E-state index contributed by atoms with van der Waals surface area (Å²) in [6.45, 7) is 30.1. The maximum absolute atomic E-state index is 11.4. The third kappa shape index (κ3) is 32.1. The number of carbonyl (C=O) groups is 8. The standard InChI is InChI=1S/C15H20O3.C15H20O2.4C10H16.2C10H14.C8H14O4.3C6H10O3.2C4H6O2.C2H6O/c1-2-13(17)18-12-6-8-4-10(12)15-7-3-9(14(8)15)11(16)5-7;1-2-13(16)17-12-7-10-6-11(12)15-9-4-3-8(5-9)14(10)15;6*1-2-9-7-4-5-8(6-7)10(9)3-1;1-3-8(9)12-7-6-11-5-4-10-2;3*1-3-6(7)9-5-4-8-2;2*1-3-4(5)6-2;1-3-2/h2,7-12,14-16H,1,3-6H2;2,8-12,14-15H,1,3-7H2;4*7-10H,1-6H2;2*1-2,7-10H,3-6H2;3H,1,4-7H2,2H3;3*3H,1,4-5H2,2H3;2*3H,1H2,2H3;1-2H3. The van der Waals surface area contributed by atoms with Crippen molar-refractivity contribution >= 4 is 47.8 Å². The summed E-state index contributed by atoms with van der Waals surface area (Å²) < 4.78 is 65.6. The van der Waals surface area contributed by atoms with E-state index in [2.05, 4.69) is 124 Å². The molecule has 0 aromatic heterocycles. The van der Waals surface area contributed by atoms with Crippen LogP contribution in [0.3, 0.4) is 0 Å². The van der Waals surface area contributed by atoms with Gasteiger partial charge >= 0.3 is 47.8 Å². The molecule has 0 spiro atoms. The van der Waals surface area contributed by atoms with E-state index in [9.17, 15) is 43.5 Å². The third-order valence-electron chi connectivity index (χ3n) is 41.4. The van der Waals surface area contributed by atoms with Crippen molar-refractivity contribution in [1.29, 1.82) is 0 Å². The van der Waals surface area contributed by atoms with Crippen molar-refractivity contribution in [2.75, 3.05) is 123 Å². The number of hydrogen-bond donors (Lipinski definition) is 1. The van der Waals surface area contributed by atoms with E-state index in [0.717, 1.165) is 144 Å². The van der Waals surface area contributed by atoms with E-state index < -0.39 is 35.8 Å². The SMILES string of the molecule is C1=CC2C3CCC(C3)C2C1.C1=CC2C3CCC(C3)C2C1.C1CC2C3CCC(C3)C2C1.C1CC2C3CCC(C3)C2C1.C1CC2C3CCC(C3)C2C1.C1CC2C3CCC(C3)C2C1.C=CC(=O)OC.C=CC(=O)OC.C=CC(=O)OC1CC2CC1C1C3CC(O)C(C3)C21.C=CC(=O)OC1CC2CC1C1C3CCC(C3)C21.C=CC(=O)OCCOC.C=CC(=O)OCCOC.C=CC(=O)OCCOC.C=CC(=O)OCCOCCOC.COC. The van der Waals surface area contributed by atoms with E-state index in [-0.39, 0.29) is 36.9 Å². The molecule has 26 aliphatic rings. The van der Waals surface area contributed by atoms with Gasteiger partial charge in [-0.15, -0.1) is 0 Å². The zero-order valence-electron chi connectivity index (χ0n) is 92.6. The number of aliphatic hydroxyl groups excluding tert-OH is 1. The van der Waals surface area contributed by atoms with Crippen molar-refractivity contribution in [2.24, 2.45) is 213 Å². The van der Waals surface area contributed by atoms with Crippen molar-refractivity contribution in [3.05, 3.63) is 126 Å². The average Bonchev–Trinajstić information content (AvgIpc) is 1.54. The van der Waals surface area contributed by atoms with Gasteiger partial charge in [-0.1, -0.05) is 103 Å². The molecule has 836 valence electrons. The molecule has 23 nitrogen and oxygen atoms in total. The van der Waals surface area contributed by atoms with Crippen molar-refractivity contribution in [1.82, 2.24) is 0 Å². The number of allylic oxidation sites excluding steroid dienone is 4. The highest BCUT2D eigenvalue weighted by atomic mass is 16.6. The molecule has 0 aromatic carbocycles. The van der Waals surface area contributed by atoms with Gasteiger partial charge in [-0.2, -0.15) is 0 Å². The first-order chi connectivity index (χ1) is 72.4. The van der Waals surface area contributed by atoms with Crippen molar-refractivity contribution in [2.45, 2.75) is 282 Å². The maximum Gasteiger partial charge on any atom is 0.330 e. The zero-order chi connectivity index (χ0) is 107. The van der Waals surface area contributed by atoms with Gasteiger partial charge < -0.3 is 71.4 Å². The summed E-state index contributed by atoms with van der Waals surface area (Å²) in [6.07, 6.45) is 80.9. The molecule has 39 unspecified atom stereocenters. The minimum atomic E-state index is -0.426. The third-order valence-corrected chi connectivity index (χ3v) is 41.4. The summed E-state index contributed by atoms with van der Waals surface area (Å²) in [7, 11) is 12.1. The molecule has 23 heteroatoms. The number of rotatable bonds is 25. The predicted molar refractivity (Wildman–Crippen MR) is 580 cm³/mol. The molecule has 24 saturated carbocycles. The summed E-state index contributed by atoms with van der Waals surface area (Å²) in [6, 6.07) is 0. The molecule has 26 aliphatic carbocycles. The fraction of sp³-hybridized carbons (Fsp3) is 0.778. The molecule has 0 aliphatic heterocycles. The number of esters is 8. The van der Waals surface area contributed by atoms with Crippen molar-refractivity contribution < 1.29 is 110 Å². The molecule has 26 rings (SSSR count). The average molecular weight is 2080 g/mol. The summed E-state index contributed by atoms with van der Waals surface area (Å²) >= 11 is 0. The summed E-state index contributed by atoms with van der Waals surface area (Å²) in [5.41, 5.74) is 0. The minimum Gasteiger partial charge on any atom is -0.466 e. The minimum absolute atomic E-state index is 0.0511. The molecule has 0 aromatic rings. The smallest absolute Gasteiger partial charge is 0.330 e. The highest BCUT2D eigenvalue weighted by Gasteiger charge is 2.67. The molecular weight excluding hydrogens is 1880 g/mol. The van der Waals surface area contributed by atoms with Crippen LogP contribution in [0.15, 0.2) is 126 Å². The number of hydrogen-bond acceptors (Lipinski definition) is 23. The van der Waals surface area contributed by atoms with E-state index >= 15 is 0 Å². The Balaban J connectivity index is 0.000000143. The lowest BCUT2D eigenvalue weighted by atomic mass is 9.69. The van der Waals surface area contributed by atoms with E-state index in [1.54, 1.807) is 222 Å². The fourth-order valence-corrected chi connectivity index (χ4v) is 36.3. The lowest BCUT2D eigenvalue weighted by Gasteiger charge is -2.39. The van der Waals surface area contributed by atoms with Gasteiger partial charge in [0.2, 0.25) is 0 Å². The predicted octanol–water partition coefficient (Wildman–Crippen LogP) is 23.5. The van der Waals surface area contributed by atoms with Crippen LogP contribution in [-0.4, -0.2) is 194 Å². The summed E-state index contributed by atoms with van der Waals surface area (Å²) in [4.78, 5) is 83.8. The Morgan fingerprint density at radius 2 is 0.477 bits per heavy atom. The number of carbonyl (C=O) groups excluding carboxylic acids is 8. The molecule has 1 N–H and O–H groups in total. The monoisotopic (exact) mass is 2080 g/mol. The first-order valence-corrected chi connectivity index (χ1v) is 58.6. The van der Waals surface area contributed by atoms with Gasteiger partial charge in [0.15, 0.2) is 0 Å². The van der Waals surface area contributed by atoms with Gasteiger partial charge in [0.1, 0.15) is 38.6 Å². The van der Waals surface area contributed by atoms with E-state index in [1.165, 1.54) is 185 Å². The fourth-order valence-electron chi connectivity index (χ4n) is 36.3. The molecule has 0 amide bonds. The van der Waals surface area contributed by atoms with Crippen LogP contribution in [0.1, 0.15) is 263 Å². The Morgan fingerprint density at radius 3 is 0.772 bits per heavy atom. The first kappa shape index (κ1) is 120. The first-order valence-electron chi connectivity index (χ1n) is 58.6. The van der Waals surface area contributed by atoms with Crippen molar-refractivity contribution in [3.63, 3.8) is 0 Å². The van der Waals surface area contributed by atoms with Gasteiger partial charge in [0.25, 0.3) is 0 Å². The Bertz CT molecular complexity index is 3940. The highest BCUT2D eigenvalue weighted by Crippen LogP contribution is 2.71.